The first-order chi connectivity index (χ1) is 15.0. The van der Waals surface area contributed by atoms with E-state index in [0.717, 1.165) is 10.5 Å². The lowest BCUT2D eigenvalue weighted by atomic mass is 10.1. The fourth-order valence-corrected chi connectivity index (χ4v) is 4.30. The summed E-state index contributed by atoms with van der Waals surface area (Å²) in [5, 5.41) is 11.0. The average Bonchev–Trinajstić information content (AvgIpc) is 3.03. The molecule has 0 saturated carbocycles. The van der Waals surface area contributed by atoms with Crippen LogP contribution in [0, 0.1) is 15.9 Å². The fraction of sp³-hybridized carbons (Fsp3) is 0.0435. The number of amides is 2. The molecule has 2 amide bonds. The third-order valence-corrected chi connectivity index (χ3v) is 5.87. The van der Waals surface area contributed by atoms with Gasteiger partial charge in [0.05, 0.1) is 21.1 Å². The van der Waals surface area contributed by atoms with E-state index >= 15 is 0 Å². The first-order valence-electron chi connectivity index (χ1n) is 9.26. The molecule has 3 aromatic rings. The molecule has 0 N–H and O–H groups in total. The summed E-state index contributed by atoms with van der Waals surface area (Å²) in [6, 6.07) is 20.3. The number of carbonyl (C=O) groups excluding carboxylic acids is 2. The Hall–Kier alpha value is -3.78. The van der Waals surface area contributed by atoms with E-state index in [9.17, 15) is 24.1 Å². The van der Waals surface area contributed by atoms with E-state index in [1.807, 2.05) is 30.3 Å². The first-order valence-corrected chi connectivity index (χ1v) is 10.2. The lowest BCUT2D eigenvalue weighted by Crippen LogP contribution is -2.32. The summed E-state index contributed by atoms with van der Waals surface area (Å²) >= 11 is 1.18. The molecule has 0 bridgehead atoms. The van der Waals surface area contributed by atoms with Crippen molar-refractivity contribution in [3.8, 4) is 0 Å². The van der Waals surface area contributed by atoms with E-state index in [1.54, 1.807) is 6.07 Å². The summed E-state index contributed by atoms with van der Waals surface area (Å²) in [6.07, 6.45) is 0. The number of nitro benzene ring substituents is 1. The van der Waals surface area contributed by atoms with Crippen LogP contribution in [0.25, 0.3) is 5.57 Å². The van der Waals surface area contributed by atoms with Crippen molar-refractivity contribution in [1.82, 2.24) is 0 Å². The standard InChI is InChI=1S/C23H15FN2O4S/c24-18-8-4-5-9-19(18)25-22(27)20(16-10-12-17(13-11-16)26(29)30)21(23(25)28)31-14-15-6-2-1-3-7-15/h1-13H,14H2. The number of imide groups is 1. The van der Waals surface area contributed by atoms with E-state index in [2.05, 4.69) is 0 Å². The van der Waals surface area contributed by atoms with E-state index in [4.69, 9.17) is 0 Å². The highest BCUT2D eigenvalue weighted by molar-refractivity contribution is 8.03. The SMILES string of the molecule is O=C1C(SCc2ccccc2)=C(c2ccc([N+](=O)[O-])cc2)C(=O)N1c1ccccc1F. The Kier molecular flexibility index (Phi) is 5.64. The summed E-state index contributed by atoms with van der Waals surface area (Å²) < 4.78 is 14.4. The number of thioether (sulfide) groups is 1. The van der Waals surface area contributed by atoms with Gasteiger partial charge in [0.25, 0.3) is 17.5 Å². The maximum absolute atomic E-state index is 14.4. The molecule has 0 aliphatic carbocycles. The van der Waals surface area contributed by atoms with Crippen molar-refractivity contribution in [1.29, 1.82) is 0 Å². The van der Waals surface area contributed by atoms with Crippen molar-refractivity contribution in [2.24, 2.45) is 0 Å². The second-order valence-electron chi connectivity index (χ2n) is 6.68. The normalized spacial score (nSPS) is 13.8. The number of carbonyl (C=O) groups is 2. The molecule has 1 aliphatic heterocycles. The Balaban J connectivity index is 1.76. The Bertz CT molecular complexity index is 1210. The van der Waals surface area contributed by atoms with Crippen LogP contribution in [-0.4, -0.2) is 16.7 Å². The number of hydrogen-bond acceptors (Lipinski definition) is 5. The van der Waals surface area contributed by atoms with Crippen molar-refractivity contribution in [3.63, 3.8) is 0 Å². The largest absolute Gasteiger partial charge is 0.272 e. The molecule has 0 atom stereocenters. The number of halogens is 1. The van der Waals surface area contributed by atoms with Crippen LogP contribution in [0.1, 0.15) is 11.1 Å². The number of hydrogen-bond donors (Lipinski definition) is 0. The third-order valence-electron chi connectivity index (χ3n) is 4.73. The van der Waals surface area contributed by atoms with Gasteiger partial charge in [-0.25, -0.2) is 9.29 Å². The number of rotatable bonds is 6. The topological polar surface area (TPSA) is 80.5 Å². The van der Waals surface area contributed by atoms with Crippen LogP contribution >= 0.6 is 11.8 Å². The van der Waals surface area contributed by atoms with E-state index < -0.39 is 22.6 Å². The Morgan fingerprint density at radius 2 is 1.52 bits per heavy atom. The summed E-state index contributed by atoms with van der Waals surface area (Å²) in [5.74, 6) is -1.55. The Morgan fingerprint density at radius 3 is 2.16 bits per heavy atom. The summed E-state index contributed by atoms with van der Waals surface area (Å²) in [4.78, 5) is 37.9. The number of nitro groups is 1. The van der Waals surface area contributed by atoms with E-state index in [0.29, 0.717) is 11.3 Å². The Morgan fingerprint density at radius 1 is 0.871 bits per heavy atom. The van der Waals surface area contributed by atoms with Crippen molar-refractivity contribution in [2.45, 2.75) is 5.75 Å². The van der Waals surface area contributed by atoms with Crippen LogP contribution in [0.15, 0.2) is 83.8 Å². The van der Waals surface area contributed by atoms with Crippen LogP contribution in [0.3, 0.4) is 0 Å². The predicted molar refractivity (Wildman–Crippen MR) is 117 cm³/mol. The second-order valence-corrected chi connectivity index (χ2v) is 7.67. The number of para-hydroxylation sites is 1. The van der Waals surface area contributed by atoms with Crippen LogP contribution in [0.2, 0.25) is 0 Å². The van der Waals surface area contributed by atoms with Crippen molar-refractivity contribution in [3.05, 3.63) is 111 Å². The molecular weight excluding hydrogens is 419 g/mol. The van der Waals surface area contributed by atoms with Gasteiger partial charge in [-0.05, 0) is 35.4 Å². The van der Waals surface area contributed by atoms with Crippen molar-refractivity contribution in [2.75, 3.05) is 4.90 Å². The van der Waals surface area contributed by atoms with Crippen LogP contribution < -0.4 is 4.90 Å². The maximum Gasteiger partial charge on any atom is 0.272 e. The maximum atomic E-state index is 14.4. The minimum atomic E-state index is -0.693. The van der Waals surface area contributed by atoms with Gasteiger partial charge in [0.1, 0.15) is 5.82 Å². The lowest BCUT2D eigenvalue weighted by Gasteiger charge is -2.15. The minimum Gasteiger partial charge on any atom is -0.268 e. The van der Waals surface area contributed by atoms with Gasteiger partial charge in [-0.15, -0.1) is 11.8 Å². The van der Waals surface area contributed by atoms with E-state index in [1.165, 1.54) is 54.2 Å². The summed E-state index contributed by atoms with van der Waals surface area (Å²) in [5.41, 5.74) is 1.15. The van der Waals surface area contributed by atoms with Gasteiger partial charge in [-0.3, -0.25) is 19.7 Å². The van der Waals surface area contributed by atoms with Crippen LogP contribution in [0.5, 0.6) is 0 Å². The average molecular weight is 434 g/mol. The molecule has 0 radical (unpaired) electrons. The van der Waals surface area contributed by atoms with E-state index in [-0.39, 0.29) is 21.9 Å². The highest BCUT2D eigenvalue weighted by atomic mass is 32.2. The van der Waals surface area contributed by atoms with Crippen LogP contribution in [0.4, 0.5) is 15.8 Å². The van der Waals surface area contributed by atoms with Gasteiger partial charge in [-0.2, -0.15) is 0 Å². The molecule has 31 heavy (non-hydrogen) atoms. The first kappa shape index (κ1) is 20.5. The monoisotopic (exact) mass is 434 g/mol. The zero-order chi connectivity index (χ0) is 22.0. The lowest BCUT2D eigenvalue weighted by molar-refractivity contribution is -0.384. The molecule has 3 aromatic carbocycles. The van der Waals surface area contributed by atoms with Gasteiger partial charge < -0.3 is 0 Å². The number of benzene rings is 3. The van der Waals surface area contributed by atoms with Gasteiger partial charge in [0.15, 0.2) is 0 Å². The fourth-order valence-electron chi connectivity index (χ4n) is 3.23. The second kappa shape index (κ2) is 8.53. The summed E-state index contributed by atoms with van der Waals surface area (Å²) in [6.45, 7) is 0. The zero-order valence-electron chi connectivity index (χ0n) is 16.0. The van der Waals surface area contributed by atoms with Gasteiger partial charge in [-0.1, -0.05) is 42.5 Å². The number of non-ortho nitro benzene ring substituents is 1. The van der Waals surface area contributed by atoms with Gasteiger partial charge in [0.2, 0.25) is 0 Å². The molecule has 0 fully saturated rings. The molecular formula is C23H15FN2O4S. The minimum absolute atomic E-state index is 0.101. The molecule has 0 saturated heterocycles. The molecule has 8 heteroatoms. The molecule has 154 valence electrons. The van der Waals surface area contributed by atoms with Gasteiger partial charge >= 0.3 is 0 Å². The highest BCUT2D eigenvalue weighted by Crippen LogP contribution is 2.40. The third kappa shape index (κ3) is 3.97. The molecule has 0 spiro atoms. The highest BCUT2D eigenvalue weighted by Gasteiger charge is 2.41. The number of anilines is 1. The molecule has 1 heterocycles. The predicted octanol–water partition coefficient (Wildman–Crippen LogP) is 4.95. The molecule has 1 aliphatic rings. The van der Waals surface area contributed by atoms with Crippen molar-refractivity contribution >= 4 is 40.5 Å². The molecule has 0 unspecified atom stereocenters. The van der Waals surface area contributed by atoms with Crippen molar-refractivity contribution < 1.29 is 18.9 Å². The zero-order valence-corrected chi connectivity index (χ0v) is 16.8. The smallest absolute Gasteiger partial charge is 0.268 e. The number of nitrogens with zero attached hydrogens (tertiary/aromatic N) is 2. The Labute approximate surface area is 181 Å². The quantitative estimate of drug-likeness (QED) is 0.311. The molecule has 4 rings (SSSR count). The molecule has 0 aromatic heterocycles. The summed E-state index contributed by atoms with van der Waals surface area (Å²) in [7, 11) is 0. The van der Waals surface area contributed by atoms with Gasteiger partial charge in [0, 0.05) is 17.9 Å². The molecule has 6 nitrogen and oxygen atoms in total. The van der Waals surface area contributed by atoms with Crippen LogP contribution in [-0.2, 0) is 15.3 Å².